The summed E-state index contributed by atoms with van der Waals surface area (Å²) in [5.41, 5.74) is 0. The fourth-order valence-corrected chi connectivity index (χ4v) is 0.799. The smallest absolute Gasteiger partial charge is 0.0636 e. The van der Waals surface area contributed by atoms with Crippen LogP contribution >= 0.6 is 45.2 Å². The Morgan fingerprint density at radius 2 is 2.12 bits per heavy atom. The first-order valence-electron chi connectivity index (χ1n) is 2.54. The monoisotopic (exact) mass is 340 g/mol. The van der Waals surface area contributed by atoms with Crippen LogP contribution in [0.15, 0.2) is 0 Å². The van der Waals surface area contributed by atoms with Gasteiger partial charge in [0.2, 0.25) is 0 Å². The van der Waals surface area contributed by atoms with E-state index in [2.05, 4.69) is 52.1 Å². The van der Waals surface area contributed by atoms with Crippen molar-refractivity contribution in [3.8, 4) is 0 Å². The largest absolute Gasteiger partial charge is 0.377 e. The van der Waals surface area contributed by atoms with Gasteiger partial charge in [0.1, 0.15) is 0 Å². The van der Waals surface area contributed by atoms with Crippen LogP contribution in [-0.4, -0.2) is 21.6 Å². The summed E-state index contributed by atoms with van der Waals surface area (Å²) in [5.74, 6) is 0. The molecule has 0 amide bonds. The molecule has 0 aromatic carbocycles. The van der Waals surface area contributed by atoms with E-state index >= 15 is 0 Å². The van der Waals surface area contributed by atoms with Gasteiger partial charge in [0.25, 0.3) is 0 Å². The summed E-state index contributed by atoms with van der Waals surface area (Å²) in [5, 5.41) is 0. The van der Waals surface area contributed by atoms with Crippen LogP contribution in [0.1, 0.15) is 6.92 Å². The summed E-state index contributed by atoms with van der Waals surface area (Å²) in [6, 6.07) is 0. The van der Waals surface area contributed by atoms with Gasteiger partial charge in [0.15, 0.2) is 0 Å². The predicted molar refractivity (Wildman–Crippen MR) is 53.2 cm³/mol. The van der Waals surface area contributed by atoms with Crippen molar-refractivity contribution in [3.05, 3.63) is 0 Å². The van der Waals surface area contributed by atoms with Crippen molar-refractivity contribution >= 4 is 45.2 Å². The van der Waals surface area contributed by atoms with E-state index in [-0.39, 0.29) is 0 Å². The molecule has 0 heterocycles. The highest BCUT2D eigenvalue weighted by molar-refractivity contribution is 14.1. The molecular formula is C5H10I2O. The second-order valence-corrected chi connectivity index (χ2v) is 3.48. The highest BCUT2D eigenvalue weighted by atomic mass is 127. The molecule has 1 nitrogen and oxygen atoms in total. The van der Waals surface area contributed by atoms with Crippen LogP contribution in [0, 0.1) is 0 Å². The van der Waals surface area contributed by atoms with Crippen LogP contribution in [-0.2, 0) is 4.74 Å². The number of alkyl halides is 2. The predicted octanol–water partition coefficient (Wildman–Crippen LogP) is 2.26. The van der Waals surface area contributed by atoms with Gasteiger partial charge in [-0.3, -0.25) is 0 Å². The van der Waals surface area contributed by atoms with Crippen LogP contribution in [0.5, 0.6) is 0 Å². The minimum Gasteiger partial charge on any atom is -0.377 e. The molecule has 3 heteroatoms. The van der Waals surface area contributed by atoms with Crippen molar-refractivity contribution in [2.45, 2.75) is 13.0 Å². The van der Waals surface area contributed by atoms with E-state index in [1.54, 1.807) is 0 Å². The lowest BCUT2D eigenvalue weighted by molar-refractivity contribution is 0.0986. The number of hydrogen-bond donors (Lipinski definition) is 0. The first-order valence-corrected chi connectivity index (χ1v) is 5.60. The number of hydrogen-bond acceptors (Lipinski definition) is 1. The van der Waals surface area contributed by atoms with E-state index in [1.807, 2.05) is 0 Å². The SMILES string of the molecule is C[C@H](CI)OCCI. The third kappa shape index (κ3) is 5.55. The van der Waals surface area contributed by atoms with Gasteiger partial charge >= 0.3 is 0 Å². The highest BCUT2D eigenvalue weighted by Crippen LogP contribution is 1.96. The summed E-state index contributed by atoms with van der Waals surface area (Å²) >= 11 is 4.64. The molecule has 0 aromatic rings. The molecule has 0 bridgehead atoms. The van der Waals surface area contributed by atoms with Gasteiger partial charge in [-0.1, -0.05) is 45.2 Å². The zero-order chi connectivity index (χ0) is 6.41. The Hall–Kier alpha value is 1.42. The summed E-state index contributed by atoms with van der Waals surface area (Å²) in [4.78, 5) is 0. The Morgan fingerprint density at radius 3 is 2.50 bits per heavy atom. The molecule has 0 unspecified atom stereocenters. The van der Waals surface area contributed by atoms with Crippen LogP contribution < -0.4 is 0 Å². The number of halogens is 2. The fraction of sp³-hybridized carbons (Fsp3) is 1.00. The van der Waals surface area contributed by atoms with Crippen LogP contribution in [0.25, 0.3) is 0 Å². The van der Waals surface area contributed by atoms with Gasteiger partial charge in [-0.05, 0) is 6.92 Å². The lowest BCUT2D eigenvalue weighted by atomic mass is 10.5. The maximum absolute atomic E-state index is 5.33. The van der Waals surface area contributed by atoms with E-state index in [0.29, 0.717) is 6.10 Å². The molecule has 50 valence electrons. The second kappa shape index (κ2) is 6.54. The number of ether oxygens (including phenoxy) is 1. The highest BCUT2D eigenvalue weighted by Gasteiger charge is 1.95. The van der Waals surface area contributed by atoms with E-state index in [4.69, 9.17) is 4.74 Å². The Morgan fingerprint density at radius 1 is 1.50 bits per heavy atom. The van der Waals surface area contributed by atoms with Gasteiger partial charge in [-0.2, -0.15) is 0 Å². The minimum atomic E-state index is 0.436. The molecule has 0 radical (unpaired) electrons. The summed E-state index contributed by atoms with van der Waals surface area (Å²) in [6.45, 7) is 2.99. The first-order chi connectivity index (χ1) is 3.81. The van der Waals surface area contributed by atoms with Crippen LogP contribution in [0.2, 0.25) is 0 Å². The molecule has 0 saturated carbocycles. The molecule has 0 aliphatic heterocycles. The van der Waals surface area contributed by atoms with E-state index in [0.717, 1.165) is 15.5 Å². The third-order valence-corrected chi connectivity index (χ3v) is 2.38. The molecular weight excluding hydrogens is 330 g/mol. The van der Waals surface area contributed by atoms with Crippen LogP contribution in [0.3, 0.4) is 0 Å². The van der Waals surface area contributed by atoms with Crippen molar-refractivity contribution < 1.29 is 4.74 Å². The molecule has 0 saturated heterocycles. The van der Waals surface area contributed by atoms with E-state index < -0.39 is 0 Å². The van der Waals surface area contributed by atoms with Gasteiger partial charge in [-0.25, -0.2) is 0 Å². The van der Waals surface area contributed by atoms with Crippen molar-refractivity contribution in [3.63, 3.8) is 0 Å². The minimum absolute atomic E-state index is 0.436. The average Bonchev–Trinajstić information content (AvgIpc) is 1.83. The quantitative estimate of drug-likeness (QED) is 0.564. The number of rotatable bonds is 4. The topological polar surface area (TPSA) is 9.23 Å². The van der Waals surface area contributed by atoms with Crippen LogP contribution in [0.4, 0.5) is 0 Å². The molecule has 0 spiro atoms. The van der Waals surface area contributed by atoms with Gasteiger partial charge < -0.3 is 4.74 Å². The Balaban J connectivity index is 2.86. The normalized spacial score (nSPS) is 13.9. The van der Waals surface area contributed by atoms with E-state index in [9.17, 15) is 0 Å². The first kappa shape index (κ1) is 9.42. The Labute approximate surface area is 77.8 Å². The third-order valence-electron chi connectivity index (χ3n) is 0.697. The van der Waals surface area contributed by atoms with Crippen molar-refractivity contribution in [2.24, 2.45) is 0 Å². The Bertz CT molecular complexity index is 49.7. The molecule has 0 N–H and O–H groups in total. The van der Waals surface area contributed by atoms with Crippen molar-refractivity contribution in [1.82, 2.24) is 0 Å². The second-order valence-electron chi connectivity index (χ2n) is 1.52. The fourth-order valence-electron chi connectivity index (χ4n) is 0.290. The average molecular weight is 340 g/mol. The van der Waals surface area contributed by atoms with E-state index in [1.165, 1.54) is 0 Å². The van der Waals surface area contributed by atoms with Gasteiger partial charge in [-0.15, -0.1) is 0 Å². The standard InChI is InChI=1S/C5H10I2O/c1-5(4-7)8-3-2-6/h5H,2-4H2,1H3/t5-/m1/s1. The van der Waals surface area contributed by atoms with Crippen molar-refractivity contribution in [1.29, 1.82) is 0 Å². The summed E-state index contributed by atoms with van der Waals surface area (Å²) in [6.07, 6.45) is 0.436. The lowest BCUT2D eigenvalue weighted by Gasteiger charge is -2.06. The molecule has 0 aromatic heterocycles. The van der Waals surface area contributed by atoms with Gasteiger partial charge in [0, 0.05) is 8.86 Å². The van der Waals surface area contributed by atoms with Crippen molar-refractivity contribution in [2.75, 3.05) is 15.5 Å². The maximum atomic E-state index is 5.33. The molecule has 0 rings (SSSR count). The molecule has 1 atom stereocenters. The van der Waals surface area contributed by atoms with Gasteiger partial charge in [0.05, 0.1) is 12.7 Å². The zero-order valence-electron chi connectivity index (χ0n) is 4.86. The maximum Gasteiger partial charge on any atom is 0.0636 e. The molecule has 0 aliphatic rings. The zero-order valence-corrected chi connectivity index (χ0v) is 9.18. The molecule has 8 heavy (non-hydrogen) atoms. The summed E-state index contributed by atoms with van der Waals surface area (Å²) in [7, 11) is 0. The summed E-state index contributed by atoms with van der Waals surface area (Å²) < 4.78 is 7.51. The lowest BCUT2D eigenvalue weighted by Crippen LogP contribution is -2.10. The Kier molecular flexibility index (Phi) is 7.70. The molecule has 0 fully saturated rings. The molecule has 0 aliphatic carbocycles.